The van der Waals surface area contributed by atoms with E-state index in [0.717, 1.165) is 0 Å². The lowest BCUT2D eigenvalue weighted by Gasteiger charge is -2.01. The van der Waals surface area contributed by atoms with Crippen LogP contribution in [0.1, 0.15) is 19.3 Å². The van der Waals surface area contributed by atoms with Crippen molar-refractivity contribution in [3.8, 4) is 0 Å². The molecule has 2 nitrogen and oxygen atoms in total. The second-order valence-electron chi connectivity index (χ2n) is 2.94. The quantitative estimate of drug-likeness (QED) is 0.689. The van der Waals surface area contributed by atoms with E-state index in [-0.39, 0.29) is 5.91 Å². The molecule has 1 aliphatic carbocycles. The topological polar surface area (TPSA) is 29.1 Å². The van der Waals surface area contributed by atoms with Crippen molar-refractivity contribution in [1.82, 2.24) is 5.32 Å². The fraction of sp³-hybridized carbons (Fsp3) is 0.625. The molecule has 62 valence electrons. The van der Waals surface area contributed by atoms with Crippen molar-refractivity contribution >= 4 is 17.5 Å². The maximum absolute atomic E-state index is 11.0. The summed E-state index contributed by atoms with van der Waals surface area (Å²) < 4.78 is 0. The van der Waals surface area contributed by atoms with E-state index in [1.165, 1.54) is 12.8 Å². The molecule has 1 rings (SSSR count). The molecule has 3 heteroatoms. The van der Waals surface area contributed by atoms with Crippen LogP contribution < -0.4 is 5.32 Å². The zero-order chi connectivity index (χ0) is 8.27. The normalized spacial score (nSPS) is 16.1. The van der Waals surface area contributed by atoms with Gasteiger partial charge in [-0.1, -0.05) is 18.2 Å². The van der Waals surface area contributed by atoms with Crippen LogP contribution in [0.2, 0.25) is 0 Å². The molecule has 0 bridgehead atoms. The van der Waals surface area contributed by atoms with E-state index < -0.39 is 0 Å². The molecule has 0 heterocycles. The number of rotatable bonds is 4. The first kappa shape index (κ1) is 8.60. The Kier molecular flexibility index (Phi) is 2.94. The smallest absolute Gasteiger partial charge is 0.220 e. The van der Waals surface area contributed by atoms with Crippen LogP contribution >= 0.6 is 11.6 Å². The van der Waals surface area contributed by atoms with Crippen LogP contribution in [-0.2, 0) is 4.79 Å². The highest BCUT2D eigenvalue weighted by Gasteiger charge is 2.23. The van der Waals surface area contributed by atoms with E-state index in [1.54, 1.807) is 0 Å². The third kappa shape index (κ3) is 4.04. The molecule has 1 aliphatic rings. The first-order chi connectivity index (χ1) is 5.18. The second kappa shape index (κ2) is 3.77. The van der Waals surface area contributed by atoms with Crippen LogP contribution in [0.3, 0.4) is 0 Å². The summed E-state index contributed by atoms with van der Waals surface area (Å²) in [6.45, 7) is 3.87. The molecule has 1 amide bonds. The number of nitrogens with one attached hydrogen (secondary N) is 1. The zero-order valence-electron chi connectivity index (χ0n) is 6.40. The minimum absolute atomic E-state index is 0.0919. The van der Waals surface area contributed by atoms with Crippen molar-refractivity contribution in [3.63, 3.8) is 0 Å². The minimum Gasteiger partial charge on any atom is -0.351 e. The van der Waals surface area contributed by atoms with Gasteiger partial charge in [0, 0.05) is 11.5 Å². The first-order valence-corrected chi connectivity index (χ1v) is 4.16. The number of carbonyl (C=O) groups is 1. The van der Waals surface area contributed by atoms with Gasteiger partial charge < -0.3 is 5.32 Å². The molecule has 0 aromatic rings. The Hall–Kier alpha value is -0.500. The summed E-state index contributed by atoms with van der Waals surface area (Å²) in [5.41, 5.74) is 0. The summed E-state index contributed by atoms with van der Waals surface area (Å²) >= 11 is 5.46. The third-order valence-corrected chi connectivity index (χ3v) is 1.78. The van der Waals surface area contributed by atoms with Gasteiger partial charge in [-0.2, -0.15) is 0 Å². The fourth-order valence-corrected chi connectivity index (χ4v) is 0.918. The van der Waals surface area contributed by atoms with E-state index in [9.17, 15) is 4.79 Å². The summed E-state index contributed by atoms with van der Waals surface area (Å²) in [5, 5.41) is 3.16. The molecule has 0 aliphatic heterocycles. The van der Waals surface area contributed by atoms with Crippen LogP contribution in [0.15, 0.2) is 11.6 Å². The SMILES string of the molecule is C=C(Cl)CNC(=O)CC1CC1. The summed E-state index contributed by atoms with van der Waals surface area (Å²) in [4.78, 5) is 11.0. The Bertz CT molecular complexity index is 175. The molecule has 0 unspecified atom stereocenters. The second-order valence-corrected chi connectivity index (χ2v) is 3.48. The number of hydrogen-bond acceptors (Lipinski definition) is 1. The Balaban J connectivity index is 2.04. The van der Waals surface area contributed by atoms with Crippen LogP contribution in [0, 0.1) is 5.92 Å². The van der Waals surface area contributed by atoms with E-state index in [4.69, 9.17) is 11.6 Å². The van der Waals surface area contributed by atoms with E-state index in [2.05, 4.69) is 11.9 Å². The summed E-state index contributed by atoms with van der Waals surface area (Å²) in [5.74, 6) is 0.730. The molecule has 0 atom stereocenters. The van der Waals surface area contributed by atoms with Gasteiger partial charge in [0.15, 0.2) is 0 Å². The van der Waals surface area contributed by atoms with Crippen molar-refractivity contribution in [1.29, 1.82) is 0 Å². The van der Waals surface area contributed by atoms with Crippen molar-refractivity contribution < 1.29 is 4.79 Å². The molecule has 0 aromatic carbocycles. The van der Waals surface area contributed by atoms with E-state index >= 15 is 0 Å². The average Bonchev–Trinajstić information content (AvgIpc) is 2.67. The van der Waals surface area contributed by atoms with Gasteiger partial charge in [-0.3, -0.25) is 4.79 Å². The molecular formula is C8H12ClNO. The van der Waals surface area contributed by atoms with Crippen molar-refractivity contribution in [3.05, 3.63) is 11.6 Å². The van der Waals surface area contributed by atoms with Crippen LogP contribution in [-0.4, -0.2) is 12.5 Å². The third-order valence-electron chi connectivity index (χ3n) is 1.65. The van der Waals surface area contributed by atoms with Gasteiger partial charge in [-0.05, 0) is 18.8 Å². The van der Waals surface area contributed by atoms with Gasteiger partial charge in [-0.15, -0.1) is 0 Å². The first-order valence-electron chi connectivity index (χ1n) is 3.78. The minimum atomic E-state index is 0.0919. The lowest BCUT2D eigenvalue weighted by molar-refractivity contribution is -0.121. The lowest BCUT2D eigenvalue weighted by atomic mass is 10.3. The monoisotopic (exact) mass is 173 g/mol. The summed E-state index contributed by atoms with van der Waals surface area (Å²) in [6, 6.07) is 0. The molecule has 0 aromatic heterocycles. The number of halogens is 1. The van der Waals surface area contributed by atoms with E-state index in [0.29, 0.717) is 23.9 Å². The Morgan fingerprint density at radius 1 is 1.64 bits per heavy atom. The van der Waals surface area contributed by atoms with Crippen molar-refractivity contribution in [2.45, 2.75) is 19.3 Å². The molecule has 1 N–H and O–H groups in total. The molecule has 0 saturated heterocycles. The van der Waals surface area contributed by atoms with Crippen LogP contribution in [0.4, 0.5) is 0 Å². The van der Waals surface area contributed by atoms with Gasteiger partial charge >= 0.3 is 0 Å². The Morgan fingerprint density at radius 2 is 2.27 bits per heavy atom. The van der Waals surface area contributed by atoms with Gasteiger partial charge in [0.1, 0.15) is 0 Å². The highest BCUT2D eigenvalue weighted by molar-refractivity contribution is 6.29. The van der Waals surface area contributed by atoms with Gasteiger partial charge in [-0.25, -0.2) is 0 Å². The number of carbonyl (C=O) groups excluding carboxylic acids is 1. The Labute approximate surface area is 71.6 Å². The average molecular weight is 174 g/mol. The van der Waals surface area contributed by atoms with Gasteiger partial charge in [0.25, 0.3) is 0 Å². The molecule has 11 heavy (non-hydrogen) atoms. The number of hydrogen-bond donors (Lipinski definition) is 1. The predicted molar refractivity (Wildman–Crippen MR) is 45.3 cm³/mol. The molecule has 1 fully saturated rings. The maximum Gasteiger partial charge on any atom is 0.220 e. The predicted octanol–water partition coefficient (Wildman–Crippen LogP) is 1.66. The van der Waals surface area contributed by atoms with Crippen LogP contribution in [0.5, 0.6) is 0 Å². The summed E-state index contributed by atoms with van der Waals surface area (Å²) in [7, 11) is 0. The Morgan fingerprint density at radius 3 is 2.73 bits per heavy atom. The standard InChI is InChI=1S/C8H12ClNO/c1-6(9)5-10-8(11)4-7-2-3-7/h7H,1-5H2,(H,10,11). The molecule has 1 saturated carbocycles. The maximum atomic E-state index is 11.0. The zero-order valence-corrected chi connectivity index (χ0v) is 7.16. The number of amides is 1. The largest absolute Gasteiger partial charge is 0.351 e. The fourth-order valence-electron chi connectivity index (χ4n) is 0.851. The van der Waals surface area contributed by atoms with Gasteiger partial charge in [0.05, 0.1) is 6.54 Å². The van der Waals surface area contributed by atoms with Crippen LogP contribution in [0.25, 0.3) is 0 Å². The van der Waals surface area contributed by atoms with E-state index in [1.807, 2.05) is 0 Å². The highest BCUT2D eigenvalue weighted by atomic mass is 35.5. The molecule has 0 spiro atoms. The highest BCUT2D eigenvalue weighted by Crippen LogP contribution is 2.31. The van der Waals surface area contributed by atoms with Crippen molar-refractivity contribution in [2.24, 2.45) is 5.92 Å². The summed E-state index contributed by atoms with van der Waals surface area (Å²) in [6.07, 6.45) is 3.06. The molecular weight excluding hydrogens is 162 g/mol. The molecule has 0 radical (unpaired) electrons. The van der Waals surface area contributed by atoms with Gasteiger partial charge in [0.2, 0.25) is 5.91 Å². The lowest BCUT2D eigenvalue weighted by Crippen LogP contribution is -2.24. The van der Waals surface area contributed by atoms with Crippen molar-refractivity contribution in [2.75, 3.05) is 6.54 Å².